The number of carbonyl (C=O) groups excluding carboxylic acids is 1. The SMILES string of the molecule is CCCCCCCCCCCCC/C=C/[C@@H](O)[C@H](CO[C@@H]1OC(COS(=O)(=O)[O-])[C@H](O)C(OS(=O)(=O)[O-])C1O)NC(=O)CCCCCCCCCCC.[NH4+].[NH4+]. The topological polar surface area (TPSA) is 314 Å². The second-order valence-electron chi connectivity index (χ2n) is 14.0. The minimum absolute atomic E-state index is 0. The molecule has 7 atom stereocenters. The summed E-state index contributed by atoms with van der Waals surface area (Å²) < 4.78 is 86.3. The van der Waals surface area contributed by atoms with Gasteiger partial charge in [0.05, 0.1) is 25.4 Å². The Balaban J connectivity index is 0. The van der Waals surface area contributed by atoms with Crippen molar-refractivity contribution < 1.29 is 63.9 Å². The van der Waals surface area contributed by atoms with Crippen LogP contribution in [0, 0.1) is 0 Å². The Kier molecular flexibility index (Phi) is 33.1. The molecule has 0 radical (unpaired) electrons. The summed E-state index contributed by atoms with van der Waals surface area (Å²) in [6.45, 7) is 2.76. The van der Waals surface area contributed by atoms with Crippen molar-refractivity contribution in [3.05, 3.63) is 12.2 Å². The van der Waals surface area contributed by atoms with Crippen LogP contribution in [-0.2, 0) is 43.4 Å². The molecule has 0 spiro atoms. The third-order valence-corrected chi connectivity index (χ3v) is 10.1. The van der Waals surface area contributed by atoms with Gasteiger partial charge in [0.2, 0.25) is 26.7 Å². The van der Waals surface area contributed by atoms with Crippen LogP contribution in [0.3, 0.4) is 0 Å². The van der Waals surface area contributed by atoms with Gasteiger partial charge in [-0.25, -0.2) is 16.8 Å². The van der Waals surface area contributed by atoms with E-state index in [4.69, 9.17) is 9.47 Å². The van der Waals surface area contributed by atoms with Crippen LogP contribution in [0.1, 0.15) is 155 Å². The lowest BCUT2D eigenvalue weighted by molar-refractivity contribution is -0.297. The molecule has 0 aromatic carbocycles. The van der Waals surface area contributed by atoms with Gasteiger partial charge in [-0.3, -0.25) is 13.2 Å². The number of amides is 1. The van der Waals surface area contributed by atoms with Gasteiger partial charge in [0, 0.05) is 6.42 Å². The van der Waals surface area contributed by atoms with Gasteiger partial charge in [0.15, 0.2) is 6.29 Å². The predicted octanol–water partition coefficient (Wildman–Crippen LogP) is 5.55. The second-order valence-corrected chi connectivity index (χ2v) is 16.1. The smallest absolute Gasteiger partial charge is 0.220 e. The average Bonchev–Trinajstić information content (AvgIpc) is 3.09. The Hall–Kier alpha value is -1.33. The molecule has 1 heterocycles. The number of hydrogen-bond donors (Lipinski definition) is 6. The molecular weight excluding hydrogens is 763 g/mol. The Labute approximate surface area is 330 Å². The summed E-state index contributed by atoms with van der Waals surface area (Å²) in [4.78, 5) is 12.9. The van der Waals surface area contributed by atoms with E-state index in [1.54, 1.807) is 6.08 Å². The first-order valence-electron chi connectivity index (χ1n) is 19.7. The molecule has 0 aliphatic carbocycles. The van der Waals surface area contributed by atoms with E-state index < -0.39 is 76.9 Å². The van der Waals surface area contributed by atoms with Gasteiger partial charge >= 0.3 is 0 Å². The van der Waals surface area contributed by atoms with Crippen molar-refractivity contribution in [2.45, 2.75) is 198 Å². The van der Waals surface area contributed by atoms with Gasteiger partial charge in [0.1, 0.15) is 24.4 Å². The van der Waals surface area contributed by atoms with Crippen molar-refractivity contribution in [1.29, 1.82) is 0 Å². The van der Waals surface area contributed by atoms with Crippen LogP contribution in [0.15, 0.2) is 12.2 Å². The Morgan fingerprint density at radius 2 is 1.22 bits per heavy atom. The highest BCUT2D eigenvalue weighted by Gasteiger charge is 2.47. The summed E-state index contributed by atoms with van der Waals surface area (Å²) in [5.74, 6) is -0.356. The van der Waals surface area contributed by atoms with Crippen molar-refractivity contribution in [1.82, 2.24) is 17.6 Å². The van der Waals surface area contributed by atoms with Gasteiger partial charge in [0.25, 0.3) is 0 Å². The molecule has 17 nitrogen and oxygen atoms in total. The maximum Gasteiger partial charge on any atom is 0.220 e. The molecule has 0 bridgehead atoms. The van der Waals surface area contributed by atoms with Gasteiger partial charge in [-0.2, -0.15) is 0 Å². The van der Waals surface area contributed by atoms with E-state index in [9.17, 15) is 46.1 Å². The van der Waals surface area contributed by atoms with Gasteiger partial charge in [-0.15, -0.1) is 0 Å². The fraction of sp³-hybridized carbons (Fsp3) is 0.917. The van der Waals surface area contributed by atoms with E-state index in [1.165, 1.54) is 83.1 Å². The zero-order valence-corrected chi connectivity index (χ0v) is 35.4. The number of ether oxygens (including phenoxy) is 2. The molecule has 1 saturated heterocycles. The molecule has 330 valence electrons. The Morgan fingerprint density at radius 3 is 1.69 bits per heavy atom. The van der Waals surface area contributed by atoms with Crippen molar-refractivity contribution in [2.75, 3.05) is 13.2 Å². The molecule has 19 heteroatoms. The Morgan fingerprint density at radius 1 is 0.745 bits per heavy atom. The van der Waals surface area contributed by atoms with Crippen LogP contribution >= 0.6 is 0 Å². The highest BCUT2D eigenvalue weighted by molar-refractivity contribution is 7.81. The van der Waals surface area contributed by atoms with Crippen LogP contribution < -0.4 is 17.6 Å². The van der Waals surface area contributed by atoms with E-state index >= 15 is 0 Å². The van der Waals surface area contributed by atoms with E-state index in [0.29, 0.717) is 12.8 Å². The van der Waals surface area contributed by atoms with E-state index in [0.717, 1.165) is 44.9 Å². The fourth-order valence-electron chi connectivity index (χ4n) is 6.17. The molecule has 0 aromatic heterocycles. The van der Waals surface area contributed by atoms with Crippen LogP contribution in [0.2, 0.25) is 0 Å². The average molecular weight is 838 g/mol. The highest BCUT2D eigenvalue weighted by atomic mass is 32.3. The summed E-state index contributed by atoms with van der Waals surface area (Å²) in [7, 11) is -10.8. The van der Waals surface area contributed by atoms with Crippen LogP contribution in [0.5, 0.6) is 0 Å². The molecule has 3 unspecified atom stereocenters. The molecular formula is C36H75N3O14S2. The van der Waals surface area contributed by atoms with Crippen molar-refractivity contribution in [2.24, 2.45) is 0 Å². The fourth-order valence-corrected chi connectivity index (χ4v) is 6.97. The molecule has 1 amide bonds. The zero-order chi connectivity index (χ0) is 39.5. The maximum atomic E-state index is 12.9. The number of carbonyl (C=O) groups is 1. The summed E-state index contributed by atoms with van der Waals surface area (Å²) in [5.41, 5.74) is 0. The second kappa shape index (κ2) is 32.6. The standard InChI is InChI=1S/C36H69NO14S2.2H3N/c1-3-5-7-9-11-13-14-15-16-18-19-21-23-25-30(38)29(37-32(39)26-24-22-20-17-12-10-8-6-4-2)27-48-36-34(41)35(51-53(45,46)47)33(40)31(50-36)28-49-52(42,43)44;;/h23,25,29-31,33-36,38,40-41H,3-22,24,26-28H2,1-2H3,(H,37,39)(H,42,43,44)(H,45,46,47);2*1H3/b25-23+;;/t29-,30+,31?,33-,34?,35?,36+;;/m0../s1. The summed E-state index contributed by atoms with van der Waals surface area (Å²) in [5, 5.41) is 34.9. The summed E-state index contributed by atoms with van der Waals surface area (Å²) in [6.07, 6.45) is 15.7. The highest BCUT2D eigenvalue weighted by Crippen LogP contribution is 2.26. The molecule has 55 heavy (non-hydrogen) atoms. The first-order valence-corrected chi connectivity index (χ1v) is 22.4. The number of aliphatic hydroxyl groups excluding tert-OH is 3. The molecule has 0 aromatic rings. The lowest BCUT2D eigenvalue weighted by atomic mass is 9.99. The minimum Gasteiger partial charge on any atom is -0.726 e. The molecule has 1 rings (SSSR count). The molecule has 1 aliphatic rings. The third kappa shape index (κ3) is 28.7. The predicted molar refractivity (Wildman–Crippen MR) is 209 cm³/mol. The monoisotopic (exact) mass is 837 g/mol. The van der Waals surface area contributed by atoms with Crippen LogP contribution in [0.4, 0.5) is 0 Å². The number of hydrogen-bond acceptors (Lipinski definition) is 14. The van der Waals surface area contributed by atoms with Crippen LogP contribution in [0.25, 0.3) is 0 Å². The lowest BCUT2D eigenvalue weighted by Crippen LogP contribution is -2.61. The Bertz CT molecular complexity index is 1200. The number of unbranched alkanes of at least 4 members (excludes halogenated alkanes) is 19. The van der Waals surface area contributed by atoms with Crippen LogP contribution in [-0.4, -0.2) is 103 Å². The first kappa shape index (κ1) is 55.8. The molecule has 1 fully saturated rings. The van der Waals surface area contributed by atoms with Gasteiger partial charge in [-0.1, -0.05) is 142 Å². The van der Waals surface area contributed by atoms with Crippen molar-refractivity contribution >= 4 is 26.7 Å². The zero-order valence-electron chi connectivity index (χ0n) is 33.8. The minimum atomic E-state index is -5.50. The normalized spacial score (nSPS) is 21.5. The number of quaternary nitrogens is 2. The lowest BCUT2D eigenvalue weighted by Gasteiger charge is -2.42. The quantitative estimate of drug-likeness (QED) is 0.0204. The number of aliphatic hydroxyl groups is 3. The molecule has 12 N–H and O–H groups in total. The molecule has 0 saturated carbocycles. The van der Waals surface area contributed by atoms with Crippen molar-refractivity contribution in [3.8, 4) is 0 Å². The number of nitrogens with one attached hydrogen (secondary N) is 1. The van der Waals surface area contributed by atoms with Gasteiger partial charge < -0.3 is 51.5 Å². The third-order valence-electron chi connectivity index (χ3n) is 9.26. The maximum absolute atomic E-state index is 12.9. The number of allylic oxidation sites excluding steroid dienone is 1. The van der Waals surface area contributed by atoms with E-state index in [2.05, 4.69) is 27.5 Å². The van der Waals surface area contributed by atoms with Gasteiger partial charge in [-0.05, 0) is 19.3 Å². The number of rotatable bonds is 33. The summed E-state index contributed by atoms with van der Waals surface area (Å²) >= 11 is 0. The molecule has 1 aliphatic heterocycles. The van der Waals surface area contributed by atoms with E-state index in [1.807, 2.05) is 0 Å². The van der Waals surface area contributed by atoms with Crippen molar-refractivity contribution in [3.63, 3.8) is 0 Å². The largest absolute Gasteiger partial charge is 0.726 e. The first-order chi connectivity index (χ1) is 25.2. The van der Waals surface area contributed by atoms with E-state index in [-0.39, 0.29) is 24.6 Å². The summed E-state index contributed by atoms with van der Waals surface area (Å²) in [6, 6.07) is -1.07.